The highest BCUT2D eigenvalue weighted by Gasteiger charge is 2.12. The Balaban J connectivity index is 2.05. The summed E-state index contributed by atoms with van der Waals surface area (Å²) in [5.74, 6) is -0.595. The number of rotatable bonds is 4. The van der Waals surface area contributed by atoms with Crippen LogP contribution in [0.4, 0.5) is 0 Å². The summed E-state index contributed by atoms with van der Waals surface area (Å²) >= 11 is 0. The minimum Gasteiger partial charge on any atom is -0.465 e. The van der Waals surface area contributed by atoms with Gasteiger partial charge in [-0.2, -0.15) is 0 Å². The summed E-state index contributed by atoms with van der Waals surface area (Å²) in [6, 6.07) is 16.0. The first-order valence-corrected chi connectivity index (χ1v) is 6.66. The minimum absolute atomic E-state index is 0.0843. The van der Waals surface area contributed by atoms with E-state index in [1.54, 1.807) is 24.3 Å². The SMILES string of the molecule is COC(=O)c1ccc(C(=O)NC(C)c2ccccc2)cc1. The van der Waals surface area contributed by atoms with Gasteiger partial charge in [-0.15, -0.1) is 0 Å². The van der Waals surface area contributed by atoms with Gasteiger partial charge in [0.1, 0.15) is 0 Å². The summed E-state index contributed by atoms with van der Waals surface area (Å²) in [6.07, 6.45) is 0. The fourth-order valence-electron chi connectivity index (χ4n) is 1.98. The van der Waals surface area contributed by atoms with E-state index in [4.69, 9.17) is 0 Å². The Kier molecular flexibility index (Phi) is 4.72. The quantitative estimate of drug-likeness (QED) is 0.878. The molecule has 21 heavy (non-hydrogen) atoms. The zero-order chi connectivity index (χ0) is 15.2. The maximum atomic E-state index is 12.2. The van der Waals surface area contributed by atoms with Crippen molar-refractivity contribution >= 4 is 11.9 Å². The number of carbonyl (C=O) groups excluding carboxylic acids is 2. The van der Waals surface area contributed by atoms with Gasteiger partial charge in [-0.05, 0) is 36.8 Å². The van der Waals surface area contributed by atoms with Crippen LogP contribution in [-0.4, -0.2) is 19.0 Å². The van der Waals surface area contributed by atoms with E-state index in [-0.39, 0.29) is 11.9 Å². The molecule has 1 N–H and O–H groups in total. The van der Waals surface area contributed by atoms with Crippen molar-refractivity contribution in [1.82, 2.24) is 5.32 Å². The molecule has 2 aromatic rings. The number of amides is 1. The van der Waals surface area contributed by atoms with Crippen molar-refractivity contribution in [1.29, 1.82) is 0 Å². The molecule has 0 saturated carbocycles. The third kappa shape index (κ3) is 3.69. The monoisotopic (exact) mass is 283 g/mol. The summed E-state index contributed by atoms with van der Waals surface area (Å²) in [5, 5.41) is 2.92. The Morgan fingerprint density at radius 3 is 2.10 bits per heavy atom. The molecule has 1 atom stereocenters. The maximum Gasteiger partial charge on any atom is 0.337 e. The standard InChI is InChI=1S/C17H17NO3/c1-12(13-6-4-3-5-7-13)18-16(19)14-8-10-15(11-9-14)17(20)21-2/h3-12H,1-2H3,(H,18,19). The first-order chi connectivity index (χ1) is 10.1. The third-order valence-electron chi connectivity index (χ3n) is 3.22. The topological polar surface area (TPSA) is 55.4 Å². The molecule has 0 heterocycles. The largest absolute Gasteiger partial charge is 0.465 e. The van der Waals surface area contributed by atoms with Gasteiger partial charge < -0.3 is 10.1 Å². The number of hydrogen-bond acceptors (Lipinski definition) is 3. The van der Waals surface area contributed by atoms with Crippen LogP contribution in [0, 0.1) is 0 Å². The second-order valence-corrected chi connectivity index (χ2v) is 4.67. The molecule has 0 fully saturated rings. The van der Waals surface area contributed by atoms with Crippen LogP contribution in [0.2, 0.25) is 0 Å². The molecule has 2 rings (SSSR count). The van der Waals surface area contributed by atoms with Gasteiger partial charge in [0.15, 0.2) is 0 Å². The second kappa shape index (κ2) is 6.70. The van der Waals surface area contributed by atoms with Crippen molar-refractivity contribution in [2.24, 2.45) is 0 Å². The number of esters is 1. The van der Waals surface area contributed by atoms with Crippen LogP contribution in [-0.2, 0) is 4.74 Å². The van der Waals surface area contributed by atoms with Crippen LogP contribution in [0.15, 0.2) is 54.6 Å². The zero-order valence-electron chi connectivity index (χ0n) is 12.0. The van der Waals surface area contributed by atoms with Crippen LogP contribution in [0.25, 0.3) is 0 Å². The smallest absolute Gasteiger partial charge is 0.337 e. The van der Waals surface area contributed by atoms with E-state index in [2.05, 4.69) is 10.1 Å². The summed E-state index contributed by atoms with van der Waals surface area (Å²) in [7, 11) is 1.32. The van der Waals surface area contributed by atoms with Gasteiger partial charge in [-0.25, -0.2) is 4.79 Å². The molecule has 4 heteroatoms. The van der Waals surface area contributed by atoms with Crippen molar-refractivity contribution in [3.63, 3.8) is 0 Å². The average Bonchev–Trinajstić information content (AvgIpc) is 2.55. The van der Waals surface area contributed by atoms with Crippen molar-refractivity contribution in [3.05, 3.63) is 71.3 Å². The first-order valence-electron chi connectivity index (χ1n) is 6.66. The number of methoxy groups -OCH3 is 1. The molecule has 4 nitrogen and oxygen atoms in total. The summed E-state index contributed by atoms with van der Waals surface area (Å²) in [5.41, 5.74) is 1.97. The number of ether oxygens (including phenoxy) is 1. The number of benzene rings is 2. The van der Waals surface area contributed by atoms with E-state index in [1.807, 2.05) is 37.3 Å². The van der Waals surface area contributed by atoms with E-state index in [0.29, 0.717) is 11.1 Å². The van der Waals surface area contributed by atoms with Gasteiger partial charge in [0.05, 0.1) is 18.7 Å². The van der Waals surface area contributed by atoms with Crippen molar-refractivity contribution in [3.8, 4) is 0 Å². The lowest BCUT2D eigenvalue weighted by Crippen LogP contribution is -2.26. The highest BCUT2D eigenvalue weighted by atomic mass is 16.5. The summed E-state index contributed by atoms with van der Waals surface area (Å²) in [4.78, 5) is 23.5. The molecule has 0 spiro atoms. The van der Waals surface area contributed by atoms with E-state index in [1.165, 1.54) is 7.11 Å². The number of hydrogen-bond donors (Lipinski definition) is 1. The van der Waals surface area contributed by atoms with Gasteiger partial charge >= 0.3 is 5.97 Å². The highest BCUT2D eigenvalue weighted by molar-refractivity contribution is 5.96. The summed E-state index contributed by atoms with van der Waals surface area (Å²) < 4.78 is 4.62. The van der Waals surface area contributed by atoms with Gasteiger partial charge in [0.25, 0.3) is 5.91 Å². The molecule has 0 aliphatic carbocycles. The van der Waals surface area contributed by atoms with Gasteiger partial charge in [0, 0.05) is 5.56 Å². The number of nitrogens with one attached hydrogen (secondary N) is 1. The Morgan fingerprint density at radius 1 is 0.952 bits per heavy atom. The number of carbonyl (C=O) groups is 2. The summed E-state index contributed by atoms with van der Waals surface area (Å²) in [6.45, 7) is 1.93. The average molecular weight is 283 g/mol. The fraction of sp³-hybridized carbons (Fsp3) is 0.176. The van der Waals surface area contributed by atoms with Crippen LogP contribution in [0.3, 0.4) is 0 Å². The van der Waals surface area contributed by atoms with E-state index < -0.39 is 5.97 Å². The lowest BCUT2D eigenvalue weighted by molar-refractivity contribution is 0.0600. The molecule has 0 bridgehead atoms. The van der Waals surface area contributed by atoms with Crippen LogP contribution in [0.1, 0.15) is 39.2 Å². The predicted octanol–water partition coefficient (Wildman–Crippen LogP) is 2.96. The Labute approximate surface area is 123 Å². The van der Waals surface area contributed by atoms with E-state index in [9.17, 15) is 9.59 Å². The van der Waals surface area contributed by atoms with Gasteiger partial charge in [-0.1, -0.05) is 30.3 Å². The van der Waals surface area contributed by atoms with Crippen LogP contribution < -0.4 is 5.32 Å². The molecular formula is C17H17NO3. The van der Waals surface area contributed by atoms with Crippen LogP contribution in [0.5, 0.6) is 0 Å². The molecule has 0 radical (unpaired) electrons. The zero-order valence-corrected chi connectivity index (χ0v) is 12.0. The molecule has 0 aliphatic heterocycles. The van der Waals surface area contributed by atoms with Crippen LogP contribution >= 0.6 is 0 Å². The van der Waals surface area contributed by atoms with E-state index in [0.717, 1.165) is 5.56 Å². The Morgan fingerprint density at radius 2 is 1.52 bits per heavy atom. The van der Waals surface area contributed by atoms with Crippen molar-refractivity contribution < 1.29 is 14.3 Å². The molecular weight excluding hydrogens is 266 g/mol. The van der Waals surface area contributed by atoms with E-state index >= 15 is 0 Å². The third-order valence-corrected chi connectivity index (χ3v) is 3.22. The fourth-order valence-corrected chi connectivity index (χ4v) is 1.98. The lowest BCUT2D eigenvalue weighted by atomic mass is 10.1. The normalized spacial score (nSPS) is 11.5. The Hall–Kier alpha value is -2.62. The Bertz CT molecular complexity index is 620. The highest BCUT2D eigenvalue weighted by Crippen LogP contribution is 2.13. The maximum absolute atomic E-state index is 12.2. The molecule has 0 saturated heterocycles. The van der Waals surface area contributed by atoms with Gasteiger partial charge in [0.2, 0.25) is 0 Å². The van der Waals surface area contributed by atoms with Crippen molar-refractivity contribution in [2.45, 2.75) is 13.0 Å². The van der Waals surface area contributed by atoms with Gasteiger partial charge in [-0.3, -0.25) is 4.79 Å². The predicted molar refractivity (Wildman–Crippen MR) is 80.1 cm³/mol. The second-order valence-electron chi connectivity index (χ2n) is 4.67. The molecule has 2 aromatic carbocycles. The molecule has 108 valence electrons. The molecule has 1 amide bonds. The molecule has 0 aromatic heterocycles. The minimum atomic E-state index is -0.417. The lowest BCUT2D eigenvalue weighted by Gasteiger charge is -2.14. The molecule has 1 unspecified atom stereocenters. The first kappa shape index (κ1) is 14.8. The molecule has 0 aliphatic rings. The van der Waals surface area contributed by atoms with Crippen molar-refractivity contribution in [2.75, 3.05) is 7.11 Å².